The highest BCUT2D eigenvalue weighted by Crippen LogP contribution is 2.46. The molecule has 0 amide bonds. The van der Waals surface area contributed by atoms with Gasteiger partial charge in [0.15, 0.2) is 5.60 Å². The van der Waals surface area contributed by atoms with Crippen molar-refractivity contribution in [2.24, 2.45) is 0 Å². The molecule has 0 aliphatic rings. The number of nitrogens with zero attached hydrogens (tertiary/aromatic N) is 1. The molecule has 0 radical (unpaired) electrons. The highest BCUT2D eigenvalue weighted by atomic mass is 19.4. The van der Waals surface area contributed by atoms with E-state index in [1.54, 1.807) is 121 Å². The largest absolute Gasteiger partial charge is 0.418 e. The Kier molecular flexibility index (Phi) is 7.26. The summed E-state index contributed by atoms with van der Waals surface area (Å²) in [7, 11) is 0. The van der Waals surface area contributed by atoms with Gasteiger partial charge >= 0.3 is 6.18 Å². The highest BCUT2D eigenvalue weighted by molar-refractivity contribution is 5.61. The Morgan fingerprint density at radius 3 is 1.23 bits per heavy atom. The molecule has 6 rings (SSSR count). The van der Waals surface area contributed by atoms with Crippen LogP contribution in [0.1, 0.15) is 39.1 Å². The molecule has 0 unspecified atom stereocenters. The van der Waals surface area contributed by atoms with Gasteiger partial charge in [-0.05, 0) is 40.5 Å². The Morgan fingerprint density at radius 2 is 0.814 bits per heavy atom. The lowest BCUT2D eigenvalue weighted by molar-refractivity contribution is -0.137. The third-order valence-electron chi connectivity index (χ3n) is 7.86. The van der Waals surface area contributed by atoms with Crippen molar-refractivity contribution in [2.75, 3.05) is 0 Å². The molecule has 0 spiro atoms. The molecule has 43 heavy (non-hydrogen) atoms. The molecule has 2 N–H and O–H groups in total. The fraction of sp³-hybridized carbons (Fsp3) is 0.0811. The molecule has 0 aliphatic heterocycles. The first kappa shape index (κ1) is 28.2. The van der Waals surface area contributed by atoms with Gasteiger partial charge in [0.1, 0.15) is 5.60 Å². The van der Waals surface area contributed by atoms with Crippen molar-refractivity contribution < 1.29 is 23.4 Å². The molecule has 6 aromatic rings. The quantitative estimate of drug-likeness (QED) is 0.189. The predicted octanol–water partition coefficient (Wildman–Crippen LogP) is 8.06. The fourth-order valence-corrected chi connectivity index (χ4v) is 5.85. The van der Waals surface area contributed by atoms with Gasteiger partial charge in [-0.15, -0.1) is 0 Å². The Bertz CT molecular complexity index is 1740. The highest BCUT2D eigenvalue weighted by Gasteiger charge is 2.44. The van der Waals surface area contributed by atoms with E-state index in [0.717, 1.165) is 6.07 Å². The molecule has 0 saturated heterocycles. The van der Waals surface area contributed by atoms with Gasteiger partial charge < -0.3 is 14.8 Å². The summed E-state index contributed by atoms with van der Waals surface area (Å²) >= 11 is 0. The van der Waals surface area contributed by atoms with Gasteiger partial charge in [-0.3, -0.25) is 0 Å². The maximum atomic E-state index is 14.9. The van der Waals surface area contributed by atoms with Crippen molar-refractivity contribution in [3.05, 3.63) is 197 Å². The molecule has 3 nitrogen and oxygen atoms in total. The molecular formula is C37H28F3NO2. The SMILES string of the molecule is OC(c1ccccc1)(c1ccccc1)c1cccc(C(F)(F)F)c1-n1cccc1C(O)(c1ccccc1)c1ccccc1. The summed E-state index contributed by atoms with van der Waals surface area (Å²) in [5.74, 6) is 0. The minimum atomic E-state index is -4.78. The first-order chi connectivity index (χ1) is 20.8. The van der Waals surface area contributed by atoms with Crippen molar-refractivity contribution in [3.63, 3.8) is 0 Å². The molecule has 6 heteroatoms. The maximum absolute atomic E-state index is 14.9. The first-order valence-corrected chi connectivity index (χ1v) is 13.8. The summed E-state index contributed by atoms with van der Waals surface area (Å²) < 4.78 is 46.1. The Labute approximate surface area is 247 Å². The molecule has 214 valence electrons. The van der Waals surface area contributed by atoms with E-state index in [9.17, 15) is 23.4 Å². The van der Waals surface area contributed by atoms with Crippen LogP contribution in [0.25, 0.3) is 5.69 Å². The Hall–Kier alpha value is -4.91. The van der Waals surface area contributed by atoms with Crippen LogP contribution in [0.15, 0.2) is 158 Å². The zero-order chi connectivity index (χ0) is 30.1. The number of hydrogen-bond donors (Lipinski definition) is 2. The number of aromatic nitrogens is 1. The predicted molar refractivity (Wildman–Crippen MR) is 161 cm³/mol. The number of benzene rings is 5. The van der Waals surface area contributed by atoms with Gasteiger partial charge in [-0.1, -0.05) is 133 Å². The molecule has 0 atom stereocenters. The molecular weight excluding hydrogens is 547 g/mol. The van der Waals surface area contributed by atoms with E-state index in [4.69, 9.17) is 0 Å². The molecule has 1 heterocycles. The average Bonchev–Trinajstić information content (AvgIpc) is 3.55. The van der Waals surface area contributed by atoms with Crippen LogP contribution in [0.4, 0.5) is 13.2 Å². The minimum absolute atomic E-state index is 0.0145. The van der Waals surface area contributed by atoms with Crippen LogP contribution in [0, 0.1) is 0 Å². The van der Waals surface area contributed by atoms with Crippen LogP contribution >= 0.6 is 0 Å². The molecule has 1 aromatic heterocycles. The third-order valence-corrected chi connectivity index (χ3v) is 7.86. The summed E-state index contributed by atoms with van der Waals surface area (Å²) in [6.45, 7) is 0. The average molecular weight is 576 g/mol. The summed E-state index contributed by atoms with van der Waals surface area (Å²) in [5.41, 5.74) is -3.08. The lowest BCUT2D eigenvalue weighted by Gasteiger charge is -2.36. The van der Waals surface area contributed by atoms with Crippen LogP contribution in [-0.4, -0.2) is 14.8 Å². The lowest BCUT2D eigenvalue weighted by atomic mass is 9.78. The third kappa shape index (κ3) is 4.84. The summed E-state index contributed by atoms with van der Waals surface area (Å²) in [5, 5.41) is 25.3. The monoisotopic (exact) mass is 575 g/mol. The second-order valence-corrected chi connectivity index (χ2v) is 10.3. The molecule has 0 fully saturated rings. The number of para-hydroxylation sites is 1. The second kappa shape index (κ2) is 11.1. The van der Waals surface area contributed by atoms with Crippen molar-refractivity contribution in [1.29, 1.82) is 0 Å². The summed E-state index contributed by atoms with van der Waals surface area (Å²) in [4.78, 5) is 0. The molecule has 5 aromatic carbocycles. The van der Waals surface area contributed by atoms with E-state index in [1.807, 2.05) is 12.1 Å². The van der Waals surface area contributed by atoms with Crippen LogP contribution < -0.4 is 0 Å². The number of halogens is 3. The van der Waals surface area contributed by atoms with Crippen LogP contribution in [0.2, 0.25) is 0 Å². The molecule has 0 saturated carbocycles. The van der Waals surface area contributed by atoms with Crippen LogP contribution in [0.5, 0.6) is 0 Å². The molecule has 0 aliphatic carbocycles. The smallest absolute Gasteiger partial charge is 0.376 e. The van der Waals surface area contributed by atoms with Crippen molar-refractivity contribution >= 4 is 0 Å². The normalized spacial score (nSPS) is 12.3. The van der Waals surface area contributed by atoms with Gasteiger partial charge in [0.25, 0.3) is 0 Å². The number of aliphatic hydroxyl groups is 2. The van der Waals surface area contributed by atoms with Gasteiger partial charge in [0, 0.05) is 11.8 Å². The molecule has 0 bridgehead atoms. The van der Waals surface area contributed by atoms with E-state index in [2.05, 4.69) is 0 Å². The van der Waals surface area contributed by atoms with E-state index in [-0.39, 0.29) is 16.9 Å². The van der Waals surface area contributed by atoms with Crippen molar-refractivity contribution in [1.82, 2.24) is 4.57 Å². The van der Waals surface area contributed by atoms with E-state index < -0.39 is 22.9 Å². The summed E-state index contributed by atoms with van der Waals surface area (Å²) in [6, 6.07) is 42.0. The van der Waals surface area contributed by atoms with Crippen LogP contribution in [-0.2, 0) is 17.4 Å². The van der Waals surface area contributed by atoms with E-state index in [1.165, 1.54) is 22.9 Å². The van der Waals surface area contributed by atoms with Crippen molar-refractivity contribution in [2.45, 2.75) is 17.4 Å². The van der Waals surface area contributed by atoms with E-state index in [0.29, 0.717) is 22.3 Å². The van der Waals surface area contributed by atoms with E-state index >= 15 is 0 Å². The van der Waals surface area contributed by atoms with Gasteiger partial charge in [-0.25, -0.2) is 0 Å². The zero-order valence-electron chi connectivity index (χ0n) is 23.0. The number of alkyl halides is 3. The van der Waals surface area contributed by atoms with Gasteiger partial charge in [-0.2, -0.15) is 13.2 Å². The summed E-state index contributed by atoms with van der Waals surface area (Å²) in [6.07, 6.45) is -3.28. The second-order valence-electron chi connectivity index (χ2n) is 10.3. The van der Waals surface area contributed by atoms with Crippen molar-refractivity contribution in [3.8, 4) is 5.69 Å². The zero-order valence-corrected chi connectivity index (χ0v) is 23.0. The first-order valence-electron chi connectivity index (χ1n) is 13.8. The van der Waals surface area contributed by atoms with Crippen LogP contribution in [0.3, 0.4) is 0 Å². The number of rotatable bonds is 7. The van der Waals surface area contributed by atoms with Gasteiger partial charge in [0.2, 0.25) is 0 Å². The Morgan fingerprint density at radius 1 is 0.419 bits per heavy atom. The van der Waals surface area contributed by atoms with Gasteiger partial charge in [0.05, 0.1) is 16.9 Å². The minimum Gasteiger partial charge on any atom is -0.376 e. The standard InChI is InChI=1S/C37H28F3NO2/c38-37(39,40)32-24-13-23-31(35(42,27-15-5-1-6-16-27)28-17-7-2-8-18-28)34(32)41-26-14-25-33(41)36(43,29-19-9-3-10-20-29)30-21-11-4-12-22-30/h1-26,42-43H. The maximum Gasteiger partial charge on any atom is 0.418 e. The lowest BCUT2D eigenvalue weighted by Crippen LogP contribution is -2.34. The Balaban J connectivity index is 1.72. The topological polar surface area (TPSA) is 45.4 Å². The number of hydrogen-bond acceptors (Lipinski definition) is 2. The fourth-order valence-electron chi connectivity index (χ4n) is 5.85.